The average molecular weight is 232 g/mol. The van der Waals surface area contributed by atoms with Crippen LogP contribution >= 0.6 is 0 Å². The first kappa shape index (κ1) is 15.2. The highest BCUT2D eigenvalue weighted by Gasteiger charge is 2.12. The third kappa shape index (κ3) is 9.12. The molecular formula is C15H20O2. The zero-order valence-electron chi connectivity index (χ0n) is 10.8. The van der Waals surface area contributed by atoms with E-state index in [9.17, 15) is 4.79 Å². The standard InChI is InChI=1S/C8H8.C7H12O2/c1-2-8-6-4-3-5-7-8;1-5-6(8)9-7(2,3)4/h2-7H,1H2;5H,1H2,2-4H3. The van der Waals surface area contributed by atoms with Crippen LogP contribution in [0, 0.1) is 0 Å². The molecule has 0 radical (unpaired) electrons. The van der Waals surface area contributed by atoms with Crippen molar-refractivity contribution in [1.82, 2.24) is 0 Å². The first-order valence-corrected chi connectivity index (χ1v) is 5.42. The molecule has 0 atom stereocenters. The lowest BCUT2D eigenvalue weighted by Crippen LogP contribution is -2.22. The molecule has 0 aliphatic heterocycles. The highest BCUT2D eigenvalue weighted by Crippen LogP contribution is 2.06. The zero-order chi connectivity index (χ0) is 13.3. The van der Waals surface area contributed by atoms with Crippen molar-refractivity contribution >= 4 is 12.0 Å². The van der Waals surface area contributed by atoms with Crippen molar-refractivity contribution < 1.29 is 9.53 Å². The van der Waals surface area contributed by atoms with Crippen LogP contribution in [0.25, 0.3) is 6.08 Å². The molecule has 2 heteroatoms. The molecule has 0 aliphatic rings. The van der Waals surface area contributed by atoms with Crippen LogP contribution in [-0.4, -0.2) is 11.6 Å². The van der Waals surface area contributed by atoms with Gasteiger partial charge in [0.25, 0.3) is 0 Å². The van der Waals surface area contributed by atoms with E-state index in [4.69, 9.17) is 4.74 Å². The van der Waals surface area contributed by atoms with E-state index in [2.05, 4.69) is 13.2 Å². The second kappa shape index (κ2) is 7.44. The van der Waals surface area contributed by atoms with Gasteiger partial charge in [-0.25, -0.2) is 4.79 Å². The van der Waals surface area contributed by atoms with Gasteiger partial charge in [-0.05, 0) is 26.3 Å². The number of esters is 1. The highest BCUT2D eigenvalue weighted by molar-refractivity contribution is 5.81. The van der Waals surface area contributed by atoms with Crippen LogP contribution in [0.3, 0.4) is 0 Å². The smallest absolute Gasteiger partial charge is 0.330 e. The van der Waals surface area contributed by atoms with Gasteiger partial charge in [-0.2, -0.15) is 0 Å². The van der Waals surface area contributed by atoms with Crippen molar-refractivity contribution in [2.24, 2.45) is 0 Å². The molecule has 0 aliphatic carbocycles. The lowest BCUT2D eigenvalue weighted by molar-refractivity contribution is -0.148. The maximum atomic E-state index is 10.5. The van der Waals surface area contributed by atoms with Crippen molar-refractivity contribution in [3.05, 3.63) is 55.1 Å². The number of carbonyl (C=O) groups is 1. The number of hydrogen-bond donors (Lipinski definition) is 0. The minimum Gasteiger partial charge on any atom is -0.457 e. The molecule has 0 N–H and O–H groups in total. The Hall–Kier alpha value is -1.83. The number of rotatable bonds is 2. The molecule has 17 heavy (non-hydrogen) atoms. The predicted octanol–water partition coefficient (Wildman–Crippen LogP) is 3.84. The molecule has 0 unspecified atom stereocenters. The van der Waals surface area contributed by atoms with Gasteiger partial charge in [-0.15, -0.1) is 0 Å². The van der Waals surface area contributed by atoms with E-state index in [1.807, 2.05) is 57.2 Å². The van der Waals surface area contributed by atoms with Crippen LogP contribution in [0.4, 0.5) is 0 Å². The summed E-state index contributed by atoms with van der Waals surface area (Å²) < 4.78 is 4.83. The summed E-state index contributed by atoms with van der Waals surface area (Å²) in [5, 5.41) is 0. The second-order valence-electron chi connectivity index (χ2n) is 4.35. The maximum absolute atomic E-state index is 10.5. The van der Waals surface area contributed by atoms with Crippen LogP contribution in [0.1, 0.15) is 26.3 Å². The average Bonchev–Trinajstić information content (AvgIpc) is 2.28. The third-order valence-electron chi connectivity index (χ3n) is 1.61. The second-order valence-corrected chi connectivity index (χ2v) is 4.35. The van der Waals surface area contributed by atoms with Gasteiger partial charge in [0.1, 0.15) is 5.60 Å². The third-order valence-corrected chi connectivity index (χ3v) is 1.61. The number of hydrogen-bond acceptors (Lipinski definition) is 2. The molecule has 1 aromatic carbocycles. The van der Waals surface area contributed by atoms with Gasteiger partial charge in [0.05, 0.1) is 0 Å². The molecule has 0 heterocycles. The summed E-state index contributed by atoms with van der Waals surface area (Å²) in [6.45, 7) is 12.3. The summed E-state index contributed by atoms with van der Waals surface area (Å²) >= 11 is 0. The monoisotopic (exact) mass is 232 g/mol. The number of ether oxygens (including phenoxy) is 1. The Morgan fingerprint density at radius 1 is 1.18 bits per heavy atom. The van der Waals surface area contributed by atoms with Gasteiger partial charge in [-0.1, -0.05) is 49.6 Å². The van der Waals surface area contributed by atoms with E-state index >= 15 is 0 Å². The zero-order valence-corrected chi connectivity index (χ0v) is 10.8. The van der Waals surface area contributed by atoms with Crippen LogP contribution in [0.15, 0.2) is 49.6 Å². The van der Waals surface area contributed by atoms with E-state index in [1.165, 1.54) is 5.56 Å². The largest absolute Gasteiger partial charge is 0.457 e. The molecule has 92 valence electrons. The normalized spacial score (nSPS) is 9.59. The highest BCUT2D eigenvalue weighted by atomic mass is 16.6. The van der Waals surface area contributed by atoms with E-state index < -0.39 is 5.60 Å². The molecule has 2 nitrogen and oxygen atoms in total. The Kier molecular flexibility index (Phi) is 6.64. The first-order valence-electron chi connectivity index (χ1n) is 5.42. The van der Waals surface area contributed by atoms with E-state index in [1.54, 1.807) is 0 Å². The molecule has 0 spiro atoms. The molecule has 1 rings (SSSR count). The van der Waals surface area contributed by atoms with Gasteiger partial charge < -0.3 is 4.74 Å². The SMILES string of the molecule is C=CC(=O)OC(C)(C)C.C=Cc1ccccc1. The molecule has 0 saturated carbocycles. The van der Waals surface area contributed by atoms with Crippen LogP contribution in [-0.2, 0) is 9.53 Å². The number of benzene rings is 1. The van der Waals surface area contributed by atoms with Gasteiger partial charge in [-0.3, -0.25) is 0 Å². The fourth-order valence-electron chi connectivity index (χ4n) is 0.933. The van der Waals surface area contributed by atoms with Crippen molar-refractivity contribution in [3.63, 3.8) is 0 Å². The maximum Gasteiger partial charge on any atom is 0.330 e. The van der Waals surface area contributed by atoms with Crippen molar-refractivity contribution in [1.29, 1.82) is 0 Å². The minimum atomic E-state index is -0.398. The van der Waals surface area contributed by atoms with Gasteiger partial charge >= 0.3 is 5.97 Å². The quantitative estimate of drug-likeness (QED) is 0.572. The fraction of sp³-hybridized carbons (Fsp3) is 0.267. The lowest BCUT2D eigenvalue weighted by Gasteiger charge is -2.17. The molecule has 0 fully saturated rings. The molecule has 0 amide bonds. The molecular weight excluding hydrogens is 212 g/mol. The Morgan fingerprint density at radius 3 is 1.94 bits per heavy atom. The summed E-state index contributed by atoms with van der Waals surface area (Å²) in [5.41, 5.74) is 0.776. The Balaban J connectivity index is 0.000000302. The summed E-state index contributed by atoms with van der Waals surface area (Å²) in [6.07, 6.45) is 2.99. The topological polar surface area (TPSA) is 26.3 Å². The Labute approximate surface area is 104 Å². The summed E-state index contributed by atoms with van der Waals surface area (Å²) in [6, 6.07) is 10.0. The summed E-state index contributed by atoms with van der Waals surface area (Å²) in [4.78, 5) is 10.5. The summed E-state index contributed by atoms with van der Waals surface area (Å²) in [5.74, 6) is -0.373. The van der Waals surface area contributed by atoms with Gasteiger partial charge in [0.2, 0.25) is 0 Å². The first-order chi connectivity index (χ1) is 7.89. The van der Waals surface area contributed by atoms with E-state index in [-0.39, 0.29) is 5.97 Å². The predicted molar refractivity (Wildman–Crippen MR) is 72.6 cm³/mol. The summed E-state index contributed by atoms with van der Waals surface area (Å²) in [7, 11) is 0. The van der Waals surface area contributed by atoms with Gasteiger partial charge in [0.15, 0.2) is 0 Å². The van der Waals surface area contributed by atoms with Crippen molar-refractivity contribution in [3.8, 4) is 0 Å². The van der Waals surface area contributed by atoms with Crippen molar-refractivity contribution in [2.75, 3.05) is 0 Å². The van der Waals surface area contributed by atoms with Gasteiger partial charge in [0, 0.05) is 6.08 Å². The molecule has 0 aromatic heterocycles. The fourth-order valence-corrected chi connectivity index (χ4v) is 0.933. The molecule has 1 aromatic rings. The number of carbonyl (C=O) groups excluding carboxylic acids is 1. The molecule has 0 saturated heterocycles. The minimum absolute atomic E-state index is 0.373. The van der Waals surface area contributed by atoms with Crippen LogP contribution in [0.5, 0.6) is 0 Å². The van der Waals surface area contributed by atoms with Crippen molar-refractivity contribution in [2.45, 2.75) is 26.4 Å². The molecule has 0 bridgehead atoms. The van der Waals surface area contributed by atoms with E-state index in [0.717, 1.165) is 6.08 Å². The van der Waals surface area contributed by atoms with Crippen LogP contribution in [0.2, 0.25) is 0 Å². The lowest BCUT2D eigenvalue weighted by atomic mass is 10.2. The Morgan fingerprint density at radius 2 is 1.71 bits per heavy atom. The van der Waals surface area contributed by atoms with E-state index in [0.29, 0.717) is 0 Å². The Bertz CT molecular complexity index is 358. The van der Waals surface area contributed by atoms with Crippen LogP contribution < -0.4 is 0 Å².